The molecule has 0 bridgehead atoms. The molecule has 0 fully saturated rings. The van der Waals surface area contributed by atoms with Crippen molar-refractivity contribution in [3.05, 3.63) is 35.6 Å². The first-order chi connectivity index (χ1) is 9.48. The lowest BCUT2D eigenvalue weighted by Crippen LogP contribution is -2.40. The summed E-state index contributed by atoms with van der Waals surface area (Å²) < 4.78 is 13.0. The molecule has 2 heteroatoms. The molecule has 0 saturated carbocycles. The van der Waals surface area contributed by atoms with E-state index < -0.39 is 0 Å². The molecule has 0 aliphatic carbocycles. The highest BCUT2D eigenvalue weighted by Gasteiger charge is 2.27. The lowest BCUT2D eigenvalue weighted by Gasteiger charge is -2.32. The number of nitrogens with two attached hydrogens (primary N) is 1. The lowest BCUT2D eigenvalue weighted by atomic mass is 9.76. The second-order valence-electron chi connectivity index (χ2n) is 6.39. The molecular formula is C18H30FN. The van der Waals surface area contributed by atoms with Gasteiger partial charge in [-0.25, -0.2) is 4.39 Å². The van der Waals surface area contributed by atoms with Gasteiger partial charge in [0.05, 0.1) is 0 Å². The molecule has 1 aromatic carbocycles. The van der Waals surface area contributed by atoms with Gasteiger partial charge >= 0.3 is 0 Å². The first-order valence-electron chi connectivity index (χ1n) is 8.00. The van der Waals surface area contributed by atoms with E-state index in [9.17, 15) is 4.39 Å². The summed E-state index contributed by atoms with van der Waals surface area (Å²) in [5, 5.41) is 0. The Hall–Kier alpha value is -0.890. The molecule has 0 saturated heterocycles. The summed E-state index contributed by atoms with van der Waals surface area (Å²) in [4.78, 5) is 0. The van der Waals surface area contributed by atoms with Gasteiger partial charge in [0.1, 0.15) is 5.82 Å². The monoisotopic (exact) mass is 279 g/mol. The fourth-order valence-corrected chi connectivity index (χ4v) is 2.60. The van der Waals surface area contributed by atoms with Crippen molar-refractivity contribution >= 4 is 0 Å². The third-order valence-corrected chi connectivity index (χ3v) is 4.38. The van der Waals surface area contributed by atoms with Crippen molar-refractivity contribution in [2.24, 2.45) is 5.73 Å². The highest BCUT2D eigenvalue weighted by atomic mass is 19.1. The standard InChI is InChI=1S/C18H30FN/c1-4-5-6-7-8-9-10-17(20)18(2,3)15-11-13-16(19)14-12-15/h11-14,17H,4-10,20H2,1-3H3. The second-order valence-corrected chi connectivity index (χ2v) is 6.39. The van der Waals surface area contributed by atoms with E-state index in [1.165, 1.54) is 50.7 Å². The van der Waals surface area contributed by atoms with Gasteiger partial charge in [-0.1, -0.05) is 71.4 Å². The summed E-state index contributed by atoms with van der Waals surface area (Å²) in [7, 11) is 0. The van der Waals surface area contributed by atoms with Crippen LogP contribution in [0.4, 0.5) is 4.39 Å². The van der Waals surface area contributed by atoms with Crippen LogP contribution < -0.4 is 5.73 Å². The maximum Gasteiger partial charge on any atom is 0.123 e. The topological polar surface area (TPSA) is 26.0 Å². The van der Waals surface area contributed by atoms with Crippen LogP contribution in [0.2, 0.25) is 0 Å². The van der Waals surface area contributed by atoms with E-state index in [0.29, 0.717) is 0 Å². The summed E-state index contributed by atoms with van der Waals surface area (Å²) in [6, 6.07) is 6.88. The third-order valence-electron chi connectivity index (χ3n) is 4.38. The number of unbranched alkanes of at least 4 members (excludes halogenated alkanes) is 5. The molecule has 1 rings (SSSR count). The fourth-order valence-electron chi connectivity index (χ4n) is 2.60. The van der Waals surface area contributed by atoms with Crippen LogP contribution in [0.3, 0.4) is 0 Å². The van der Waals surface area contributed by atoms with E-state index in [-0.39, 0.29) is 17.3 Å². The summed E-state index contributed by atoms with van der Waals surface area (Å²) in [6.07, 6.45) is 8.79. The molecule has 1 unspecified atom stereocenters. The van der Waals surface area contributed by atoms with Crippen molar-refractivity contribution in [3.63, 3.8) is 0 Å². The minimum Gasteiger partial charge on any atom is -0.327 e. The Morgan fingerprint density at radius 3 is 2.15 bits per heavy atom. The molecule has 0 aliphatic heterocycles. The van der Waals surface area contributed by atoms with Crippen molar-refractivity contribution in [1.29, 1.82) is 0 Å². The lowest BCUT2D eigenvalue weighted by molar-refractivity contribution is 0.374. The van der Waals surface area contributed by atoms with Gasteiger partial charge in [0.15, 0.2) is 0 Å². The second kappa shape index (κ2) is 8.41. The average molecular weight is 279 g/mol. The van der Waals surface area contributed by atoms with Crippen LogP contribution in [-0.4, -0.2) is 6.04 Å². The van der Waals surface area contributed by atoms with Gasteiger partial charge in [-0.15, -0.1) is 0 Å². The Bertz CT molecular complexity index is 370. The number of benzene rings is 1. The van der Waals surface area contributed by atoms with Crippen LogP contribution in [-0.2, 0) is 5.41 Å². The van der Waals surface area contributed by atoms with Gasteiger partial charge in [0.25, 0.3) is 0 Å². The van der Waals surface area contributed by atoms with Crippen molar-refractivity contribution in [1.82, 2.24) is 0 Å². The Morgan fingerprint density at radius 2 is 1.55 bits per heavy atom. The first-order valence-corrected chi connectivity index (χ1v) is 8.00. The predicted molar refractivity (Wildman–Crippen MR) is 85.4 cm³/mol. The van der Waals surface area contributed by atoms with Crippen molar-refractivity contribution in [2.45, 2.75) is 77.2 Å². The highest BCUT2D eigenvalue weighted by Crippen LogP contribution is 2.29. The molecule has 114 valence electrons. The molecule has 0 aliphatic rings. The zero-order valence-corrected chi connectivity index (χ0v) is 13.3. The predicted octanol–water partition coefficient (Wildman–Crippen LogP) is 5.18. The number of rotatable bonds is 9. The maximum absolute atomic E-state index is 13.0. The molecule has 0 spiro atoms. The molecule has 1 nitrogen and oxygen atoms in total. The van der Waals surface area contributed by atoms with Crippen LogP contribution >= 0.6 is 0 Å². The SMILES string of the molecule is CCCCCCCCC(N)C(C)(C)c1ccc(F)cc1. The zero-order chi connectivity index (χ0) is 15.0. The Balaban J connectivity index is 2.40. The maximum atomic E-state index is 13.0. The van der Waals surface area contributed by atoms with Gasteiger partial charge in [-0.05, 0) is 24.1 Å². The summed E-state index contributed by atoms with van der Waals surface area (Å²) in [6.45, 7) is 6.55. The van der Waals surface area contributed by atoms with Gasteiger partial charge in [-0.2, -0.15) is 0 Å². The minimum atomic E-state index is -0.186. The van der Waals surface area contributed by atoms with E-state index in [4.69, 9.17) is 5.73 Å². The van der Waals surface area contributed by atoms with Crippen LogP contribution in [0.1, 0.15) is 71.3 Å². The molecular weight excluding hydrogens is 249 g/mol. The molecule has 0 heterocycles. The molecule has 0 radical (unpaired) electrons. The summed E-state index contributed by atoms with van der Waals surface area (Å²) >= 11 is 0. The summed E-state index contributed by atoms with van der Waals surface area (Å²) in [5.74, 6) is -0.186. The molecule has 0 amide bonds. The Morgan fingerprint density at radius 1 is 1.00 bits per heavy atom. The summed E-state index contributed by atoms with van der Waals surface area (Å²) in [5.41, 5.74) is 7.39. The molecule has 1 atom stereocenters. The van der Waals surface area contributed by atoms with Crippen molar-refractivity contribution < 1.29 is 4.39 Å². The van der Waals surface area contributed by atoms with Crippen molar-refractivity contribution in [2.75, 3.05) is 0 Å². The van der Waals surface area contributed by atoms with Gasteiger partial charge in [0.2, 0.25) is 0 Å². The van der Waals surface area contributed by atoms with Gasteiger partial charge < -0.3 is 5.73 Å². The molecule has 1 aromatic rings. The molecule has 2 N–H and O–H groups in total. The minimum absolute atomic E-state index is 0.100. The van der Waals surface area contributed by atoms with Gasteiger partial charge in [-0.3, -0.25) is 0 Å². The van der Waals surface area contributed by atoms with Crippen molar-refractivity contribution in [3.8, 4) is 0 Å². The first kappa shape index (κ1) is 17.2. The van der Waals surface area contributed by atoms with E-state index in [1.54, 1.807) is 0 Å². The zero-order valence-electron chi connectivity index (χ0n) is 13.3. The molecule has 20 heavy (non-hydrogen) atoms. The quantitative estimate of drug-likeness (QED) is 0.619. The van der Waals surface area contributed by atoms with E-state index in [0.717, 1.165) is 12.0 Å². The highest BCUT2D eigenvalue weighted by molar-refractivity contribution is 5.26. The number of hydrogen-bond donors (Lipinski definition) is 1. The van der Waals surface area contributed by atoms with E-state index in [1.807, 2.05) is 12.1 Å². The third kappa shape index (κ3) is 5.24. The number of hydrogen-bond acceptors (Lipinski definition) is 1. The van der Waals surface area contributed by atoms with E-state index in [2.05, 4.69) is 20.8 Å². The largest absolute Gasteiger partial charge is 0.327 e. The van der Waals surface area contributed by atoms with Crippen LogP contribution in [0.15, 0.2) is 24.3 Å². The molecule has 0 aromatic heterocycles. The Labute approximate surface area is 123 Å². The fraction of sp³-hybridized carbons (Fsp3) is 0.667. The average Bonchev–Trinajstić information content (AvgIpc) is 2.43. The normalized spacial score (nSPS) is 13.4. The van der Waals surface area contributed by atoms with Crippen LogP contribution in [0, 0.1) is 5.82 Å². The smallest absolute Gasteiger partial charge is 0.123 e. The van der Waals surface area contributed by atoms with Crippen LogP contribution in [0.5, 0.6) is 0 Å². The Kier molecular flexibility index (Phi) is 7.22. The number of halogens is 1. The van der Waals surface area contributed by atoms with Gasteiger partial charge in [0, 0.05) is 11.5 Å². The van der Waals surface area contributed by atoms with Crippen LogP contribution in [0.25, 0.3) is 0 Å². The van der Waals surface area contributed by atoms with E-state index >= 15 is 0 Å².